The molecule has 2 rings (SSSR count). The number of aromatic nitrogens is 1. The molecule has 188 valence electrons. The van der Waals surface area contributed by atoms with E-state index in [1.165, 1.54) is 30.3 Å². The second-order valence-electron chi connectivity index (χ2n) is 6.87. The minimum Gasteiger partial charge on any atom is -0.359 e. The Kier molecular flexibility index (Phi) is 14.3. The van der Waals surface area contributed by atoms with Crippen molar-refractivity contribution in [2.24, 2.45) is 0 Å². The molecule has 0 saturated heterocycles. The van der Waals surface area contributed by atoms with Crippen molar-refractivity contribution in [2.75, 3.05) is 28.7 Å². The number of nitrogens with zero attached hydrogens (tertiary/aromatic N) is 1. The van der Waals surface area contributed by atoms with Crippen molar-refractivity contribution < 1.29 is 18.3 Å². The predicted molar refractivity (Wildman–Crippen MR) is 145 cm³/mol. The summed E-state index contributed by atoms with van der Waals surface area (Å²) < 4.78 is 38.4. The summed E-state index contributed by atoms with van der Waals surface area (Å²) in [5.74, 6) is -2.19. The summed E-state index contributed by atoms with van der Waals surface area (Å²) in [4.78, 5) is 17.3. The Hall–Kier alpha value is -1.69. The number of carbonyl (C=O) groups is 1. The van der Waals surface area contributed by atoms with E-state index in [4.69, 9.17) is 10.1 Å². The van der Waals surface area contributed by atoms with Gasteiger partial charge in [-0.15, -0.1) is 0 Å². The average Bonchev–Trinajstić information content (AvgIpc) is 2.83. The molecular weight excluding hydrogens is 546 g/mol. The van der Waals surface area contributed by atoms with Crippen LogP contribution < -0.4 is 10.0 Å². The minimum atomic E-state index is -1.07. The lowest BCUT2D eigenvalue weighted by atomic mass is 9.99. The summed E-state index contributed by atoms with van der Waals surface area (Å²) in [7, 11) is 0. The van der Waals surface area contributed by atoms with Crippen LogP contribution in [0.1, 0.15) is 56.0 Å². The molecule has 1 unspecified atom stereocenters. The second-order valence-corrected chi connectivity index (χ2v) is 8.68. The third-order valence-electron chi connectivity index (χ3n) is 4.37. The van der Waals surface area contributed by atoms with E-state index < -0.39 is 28.7 Å². The molecule has 0 bridgehead atoms. The first-order valence-electron chi connectivity index (χ1n) is 10.8. The van der Waals surface area contributed by atoms with E-state index in [0.717, 1.165) is 18.9 Å². The topological polar surface area (TPSA) is 87.1 Å². The number of ketones is 1. The first-order valence-corrected chi connectivity index (χ1v) is 13.5. The van der Waals surface area contributed by atoms with Gasteiger partial charge in [0, 0.05) is 28.6 Å². The van der Waals surface area contributed by atoms with Crippen LogP contribution in [-0.2, 0) is 4.74 Å². The lowest BCUT2D eigenvalue weighted by Gasteiger charge is -2.20. The Morgan fingerprint density at radius 1 is 1.26 bits per heavy atom. The monoisotopic (exact) mass is 576 g/mol. The number of hydrogen-bond donors (Lipinski definition) is 4. The number of nitrogens with one attached hydrogen (secondary N) is 3. The van der Waals surface area contributed by atoms with Crippen LogP contribution in [-0.4, -0.2) is 41.3 Å². The van der Waals surface area contributed by atoms with Gasteiger partial charge in [-0.25, -0.2) is 13.8 Å². The van der Waals surface area contributed by atoms with Crippen LogP contribution in [0, 0.1) is 17.0 Å². The van der Waals surface area contributed by atoms with E-state index in [1.807, 2.05) is 20.8 Å². The Morgan fingerprint density at radius 3 is 2.59 bits per heavy atom. The van der Waals surface area contributed by atoms with Crippen molar-refractivity contribution in [1.29, 1.82) is 5.41 Å². The third kappa shape index (κ3) is 8.51. The van der Waals surface area contributed by atoms with Gasteiger partial charge >= 0.3 is 0 Å². The fourth-order valence-corrected chi connectivity index (χ4v) is 3.83. The molecule has 0 aliphatic heterocycles. The second kappa shape index (κ2) is 16.1. The number of benzene rings is 1. The van der Waals surface area contributed by atoms with Crippen molar-refractivity contribution >= 4 is 63.5 Å². The van der Waals surface area contributed by atoms with E-state index in [9.17, 15) is 13.6 Å². The van der Waals surface area contributed by atoms with Gasteiger partial charge in [-0.3, -0.25) is 10.2 Å². The maximum absolute atomic E-state index is 15.0. The van der Waals surface area contributed by atoms with Gasteiger partial charge in [0.25, 0.3) is 0 Å². The van der Waals surface area contributed by atoms with Gasteiger partial charge < -0.3 is 14.8 Å². The fraction of sp³-hybridized carbons (Fsp3) is 0.435. The molecule has 1 aromatic carbocycles. The van der Waals surface area contributed by atoms with Crippen LogP contribution in [0.5, 0.6) is 0 Å². The summed E-state index contributed by atoms with van der Waals surface area (Å²) in [5.41, 5.74) is -1.25. The number of hydrogen-bond acceptors (Lipinski definition) is 8. The normalized spacial score (nSPS) is 11.3. The first kappa shape index (κ1) is 30.3. The summed E-state index contributed by atoms with van der Waals surface area (Å²) in [6.45, 7) is 6.30. The lowest BCUT2D eigenvalue weighted by Crippen LogP contribution is -2.26. The highest BCUT2D eigenvalue weighted by Gasteiger charge is 2.27. The van der Waals surface area contributed by atoms with Crippen LogP contribution in [0.15, 0.2) is 28.9 Å². The number of Topliss-reactive ketones (excluding diaryl/α,β-unsaturated/α-hetero) is 1. The average molecular weight is 578 g/mol. The van der Waals surface area contributed by atoms with Gasteiger partial charge in [0.2, 0.25) is 5.78 Å². The molecule has 34 heavy (non-hydrogen) atoms. The Morgan fingerprint density at radius 2 is 1.97 bits per heavy atom. The lowest BCUT2D eigenvalue weighted by molar-refractivity contribution is 0.0759. The Labute approximate surface area is 218 Å². The smallest absolute Gasteiger partial charge is 0.217 e. The molecule has 1 atom stereocenters. The van der Waals surface area contributed by atoms with Gasteiger partial charge in [-0.2, -0.15) is 12.6 Å². The van der Waals surface area contributed by atoms with Crippen LogP contribution in [0.3, 0.4) is 0 Å². The van der Waals surface area contributed by atoms with Gasteiger partial charge in [-0.1, -0.05) is 32.2 Å². The largest absolute Gasteiger partial charge is 0.359 e. The summed E-state index contributed by atoms with van der Waals surface area (Å²) in [6.07, 6.45) is 5.21. The number of halogens is 3. The van der Waals surface area contributed by atoms with Crippen molar-refractivity contribution in [3.05, 3.63) is 51.6 Å². The zero-order valence-electron chi connectivity index (χ0n) is 19.7. The molecule has 11 heteroatoms. The van der Waals surface area contributed by atoms with E-state index in [0.29, 0.717) is 23.3 Å². The number of pyridine rings is 1. The minimum absolute atomic E-state index is 0.00827. The summed E-state index contributed by atoms with van der Waals surface area (Å²) in [6, 6.07) is 3.77. The predicted octanol–water partition coefficient (Wildman–Crippen LogP) is 6.96. The molecule has 1 heterocycles. The van der Waals surface area contributed by atoms with Gasteiger partial charge in [0.05, 0.1) is 11.3 Å². The van der Waals surface area contributed by atoms with Crippen LogP contribution in [0.4, 0.5) is 20.3 Å². The van der Waals surface area contributed by atoms with Gasteiger partial charge in [0.15, 0.2) is 5.82 Å². The highest BCUT2D eigenvalue weighted by atomic mass is 79.9. The van der Waals surface area contributed by atoms with Crippen LogP contribution in [0.2, 0.25) is 0 Å². The molecular formula is C23H31BrF2N4O2S2. The standard InChI is InChI=1S/C22H27BrF2N4O2S.CH4S/c1-4-7-17(31-6-3)28-22-14(11-13(23)12-27-22)20(26)21(30)18-15(24)8-9-16(19(18)25)29-32-10-5-2;1-2/h8-9,11-12,17,26,29H,4-7,10H2,1-3H3,(H,27,28);2H,1H3. The Bertz CT molecular complexity index is 961. The molecule has 6 nitrogen and oxygen atoms in total. The maximum atomic E-state index is 15.0. The molecule has 0 radical (unpaired) electrons. The van der Waals surface area contributed by atoms with Crippen LogP contribution >= 0.6 is 40.5 Å². The molecule has 0 spiro atoms. The molecule has 0 aliphatic rings. The number of rotatable bonds is 13. The molecule has 0 saturated carbocycles. The number of thiol groups is 1. The van der Waals surface area contributed by atoms with Crippen LogP contribution in [0.25, 0.3) is 0 Å². The Balaban J connectivity index is 0.00000281. The number of ether oxygens (including phenoxy) is 1. The van der Waals surface area contributed by atoms with Crippen molar-refractivity contribution in [1.82, 2.24) is 4.98 Å². The van der Waals surface area contributed by atoms with E-state index in [1.54, 1.807) is 6.26 Å². The molecule has 2 aromatic rings. The molecule has 0 fully saturated rings. The quantitative estimate of drug-likeness (QED) is 0.0514. The third-order valence-corrected chi connectivity index (χ3v) is 5.78. The zero-order valence-corrected chi connectivity index (χ0v) is 23.0. The van der Waals surface area contributed by atoms with E-state index in [-0.39, 0.29) is 23.3 Å². The highest BCUT2D eigenvalue weighted by Crippen LogP contribution is 2.27. The summed E-state index contributed by atoms with van der Waals surface area (Å²) in [5, 5.41) is 11.5. The fourth-order valence-electron chi connectivity index (χ4n) is 2.88. The molecule has 0 amide bonds. The van der Waals surface area contributed by atoms with Gasteiger partial charge in [0.1, 0.15) is 23.6 Å². The van der Waals surface area contributed by atoms with Gasteiger partial charge in [-0.05, 0) is 60.2 Å². The highest BCUT2D eigenvalue weighted by molar-refractivity contribution is 9.10. The number of anilines is 2. The SMILES string of the molecule is CCCSNc1ccc(F)c(C(=O)C(=N)c2cc(Br)cnc2NC(CCC)OCC)c1F.CS. The molecule has 3 N–H and O–H groups in total. The molecule has 0 aliphatic carbocycles. The number of carbonyl (C=O) groups excluding carboxylic acids is 1. The maximum Gasteiger partial charge on any atom is 0.217 e. The zero-order chi connectivity index (χ0) is 25.7. The molecule has 1 aromatic heterocycles. The van der Waals surface area contributed by atoms with E-state index >= 15 is 0 Å². The van der Waals surface area contributed by atoms with Crippen molar-refractivity contribution in [3.63, 3.8) is 0 Å². The van der Waals surface area contributed by atoms with E-state index in [2.05, 4.69) is 43.6 Å². The van der Waals surface area contributed by atoms with Crippen molar-refractivity contribution in [3.8, 4) is 0 Å². The van der Waals surface area contributed by atoms with Crippen molar-refractivity contribution in [2.45, 2.75) is 46.3 Å². The first-order chi connectivity index (χ1) is 16.3. The summed E-state index contributed by atoms with van der Waals surface area (Å²) >= 11 is 8.07.